The standard InChI is InChI=1S/C24H25N3O6/c1-30-17-11-9-14(10-12-17)20-19-21(26-25-20)23(28)27(13-18(31-2)32-3)22(19)15-5-7-16(8-6-15)24(29)33-4/h5-12,18,22H,13H2,1-4H3,(H,25,26). The molecule has 0 fully saturated rings. The van der Waals surface area contributed by atoms with Crippen molar-refractivity contribution < 1.29 is 28.5 Å². The summed E-state index contributed by atoms with van der Waals surface area (Å²) in [5, 5.41) is 7.37. The Hall–Kier alpha value is -3.69. The highest BCUT2D eigenvalue weighted by Crippen LogP contribution is 2.43. The highest BCUT2D eigenvalue weighted by molar-refractivity contribution is 6.00. The summed E-state index contributed by atoms with van der Waals surface area (Å²) in [6.45, 7) is 0.208. The molecule has 2 aromatic carbocycles. The van der Waals surface area contributed by atoms with Crippen molar-refractivity contribution in [2.45, 2.75) is 12.3 Å². The molecule has 1 aliphatic rings. The first-order chi connectivity index (χ1) is 16.0. The fraction of sp³-hybridized carbons (Fsp3) is 0.292. The van der Waals surface area contributed by atoms with Gasteiger partial charge in [-0.1, -0.05) is 12.1 Å². The third kappa shape index (κ3) is 4.08. The van der Waals surface area contributed by atoms with Crippen LogP contribution in [0.2, 0.25) is 0 Å². The Morgan fingerprint density at radius 2 is 1.70 bits per heavy atom. The fourth-order valence-corrected chi connectivity index (χ4v) is 4.03. The lowest BCUT2D eigenvalue weighted by atomic mass is 9.95. The quantitative estimate of drug-likeness (QED) is 0.415. The molecule has 1 N–H and O–H groups in total. The van der Waals surface area contributed by atoms with E-state index in [-0.39, 0.29) is 12.5 Å². The van der Waals surface area contributed by atoms with E-state index in [1.54, 1.807) is 24.1 Å². The van der Waals surface area contributed by atoms with Crippen molar-refractivity contribution in [2.24, 2.45) is 0 Å². The molecular formula is C24H25N3O6. The SMILES string of the molecule is COC(=O)c1ccc(C2c3c(-c4ccc(OC)cc4)n[nH]c3C(=O)N2CC(OC)OC)cc1. The molecule has 3 aromatic rings. The first-order valence-electron chi connectivity index (χ1n) is 10.3. The van der Waals surface area contributed by atoms with Crippen molar-refractivity contribution in [3.05, 3.63) is 70.9 Å². The van der Waals surface area contributed by atoms with Gasteiger partial charge in [-0.05, 0) is 42.0 Å². The lowest BCUT2D eigenvalue weighted by Gasteiger charge is -2.29. The second-order valence-corrected chi connectivity index (χ2v) is 7.46. The number of carbonyl (C=O) groups is 2. The van der Waals surface area contributed by atoms with Gasteiger partial charge in [0, 0.05) is 25.3 Å². The average Bonchev–Trinajstić information content (AvgIpc) is 3.41. The number of ether oxygens (including phenoxy) is 4. The summed E-state index contributed by atoms with van der Waals surface area (Å²) in [5.41, 5.74) is 3.91. The second-order valence-electron chi connectivity index (χ2n) is 7.46. The monoisotopic (exact) mass is 451 g/mol. The number of H-pyrrole nitrogens is 1. The predicted molar refractivity (Wildman–Crippen MR) is 119 cm³/mol. The van der Waals surface area contributed by atoms with Crippen molar-refractivity contribution in [1.29, 1.82) is 0 Å². The molecule has 1 unspecified atom stereocenters. The van der Waals surface area contributed by atoms with Crippen LogP contribution in [-0.2, 0) is 14.2 Å². The molecule has 0 radical (unpaired) electrons. The number of methoxy groups -OCH3 is 4. The van der Waals surface area contributed by atoms with Crippen LogP contribution in [0, 0.1) is 0 Å². The predicted octanol–water partition coefficient (Wildman–Crippen LogP) is 3.04. The van der Waals surface area contributed by atoms with Gasteiger partial charge in [0.05, 0.1) is 38.1 Å². The summed E-state index contributed by atoms with van der Waals surface area (Å²) in [6.07, 6.45) is -0.604. The third-order valence-corrected chi connectivity index (χ3v) is 5.75. The highest BCUT2D eigenvalue weighted by Gasteiger charge is 2.43. The van der Waals surface area contributed by atoms with Crippen molar-refractivity contribution in [3.63, 3.8) is 0 Å². The Kier molecular flexibility index (Phi) is 6.43. The first kappa shape index (κ1) is 22.5. The molecule has 9 nitrogen and oxygen atoms in total. The van der Waals surface area contributed by atoms with Gasteiger partial charge in [0.2, 0.25) is 0 Å². The van der Waals surface area contributed by atoms with Crippen LogP contribution in [0.15, 0.2) is 48.5 Å². The smallest absolute Gasteiger partial charge is 0.337 e. The maximum atomic E-state index is 13.4. The number of fused-ring (bicyclic) bond motifs is 1. The largest absolute Gasteiger partial charge is 0.497 e. The molecule has 0 saturated heterocycles. The van der Waals surface area contributed by atoms with Crippen LogP contribution in [0.25, 0.3) is 11.3 Å². The van der Waals surface area contributed by atoms with Gasteiger partial charge >= 0.3 is 5.97 Å². The maximum Gasteiger partial charge on any atom is 0.337 e. The Morgan fingerprint density at radius 1 is 1.03 bits per heavy atom. The number of nitrogens with zero attached hydrogens (tertiary/aromatic N) is 2. The number of aromatic nitrogens is 2. The van der Waals surface area contributed by atoms with Crippen molar-refractivity contribution in [3.8, 4) is 17.0 Å². The number of esters is 1. The Bertz CT molecular complexity index is 1140. The van der Waals surface area contributed by atoms with E-state index in [9.17, 15) is 9.59 Å². The lowest BCUT2D eigenvalue weighted by Crippen LogP contribution is -2.38. The molecule has 4 rings (SSSR count). The van der Waals surface area contributed by atoms with Crippen LogP contribution in [0.1, 0.15) is 38.0 Å². The van der Waals surface area contributed by atoms with Crippen molar-refractivity contribution >= 4 is 11.9 Å². The topological polar surface area (TPSA) is 103 Å². The number of rotatable bonds is 8. The summed E-state index contributed by atoms with van der Waals surface area (Å²) in [6, 6.07) is 14.0. The third-order valence-electron chi connectivity index (χ3n) is 5.75. The van der Waals surface area contributed by atoms with Gasteiger partial charge in [0.25, 0.3) is 5.91 Å². The molecule has 1 aliphatic heterocycles. The molecule has 1 aromatic heterocycles. The van der Waals surface area contributed by atoms with Gasteiger partial charge in [0.15, 0.2) is 6.29 Å². The zero-order valence-electron chi connectivity index (χ0n) is 18.8. The molecule has 0 bridgehead atoms. The molecule has 9 heteroatoms. The first-order valence-corrected chi connectivity index (χ1v) is 10.3. The Balaban J connectivity index is 1.81. The van der Waals surface area contributed by atoms with Crippen molar-refractivity contribution in [2.75, 3.05) is 35.0 Å². The van der Waals surface area contributed by atoms with Crippen LogP contribution in [0.3, 0.4) is 0 Å². The fourth-order valence-electron chi connectivity index (χ4n) is 4.03. The molecule has 2 heterocycles. The van der Waals surface area contributed by atoms with E-state index >= 15 is 0 Å². The number of nitrogens with one attached hydrogen (secondary N) is 1. The van der Waals surface area contributed by atoms with Gasteiger partial charge in [-0.15, -0.1) is 0 Å². The van der Waals surface area contributed by atoms with Crippen LogP contribution in [0.4, 0.5) is 0 Å². The highest BCUT2D eigenvalue weighted by atomic mass is 16.7. The van der Waals surface area contributed by atoms with Gasteiger partial charge in [-0.3, -0.25) is 9.89 Å². The summed E-state index contributed by atoms with van der Waals surface area (Å²) < 4.78 is 20.8. The zero-order chi connectivity index (χ0) is 23.5. The number of hydrogen-bond donors (Lipinski definition) is 1. The van der Waals surface area contributed by atoms with Gasteiger partial charge in [0.1, 0.15) is 11.4 Å². The minimum Gasteiger partial charge on any atom is -0.497 e. The van der Waals surface area contributed by atoms with Gasteiger partial charge in [-0.25, -0.2) is 4.79 Å². The molecular weight excluding hydrogens is 426 g/mol. The van der Waals surface area contributed by atoms with Gasteiger partial charge < -0.3 is 23.8 Å². The molecule has 1 atom stereocenters. The van der Waals surface area contributed by atoms with E-state index in [2.05, 4.69) is 10.2 Å². The van der Waals surface area contributed by atoms with Crippen LogP contribution < -0.4 is 4.74 Å². The molecule has 33 heavy (non-hydrogen) atoms. The maximum absolute atomic E-state index is 13.4. The Labute approximate surface area is 191 Å². The lowest BCUT2D eigenvalue weighted by molar-refractivity contribution is -0.113. The summed E-state index contributed by atoms with van der Waals surface area (Å²) in [7, 11) is 5.99. The number of hydrogen-bond acceptors (Lipinski definition) is 7. The minimum atomic E-state index is -0.604. The van der Waals surface area contributed by atoms with Gasteiger partial charge in [-0.2, -0.15) is 5.10 Å². The summed E-state index contributed by atoms with van der Waals surface area (Å²) >= 11 is 0. The number of amides is 1. The summed E-state index contributed by atoms with van der Waals surface area (Å²) in [4.78, 5) is 26.9. The zero-order valence-corrected chi connectivity index (χ0v) is 18.8. The molecule has 0 aliphatic carbocycles. The summed E-state index contributed by atoms with van der Waals surface area (Å²) in [5.74, 6) is 0.0858. The number of aromatic amines is 1. The normalized spacial score (nSPS) is 15.1. The molecule has 0 saturated carbocycles. The van der Waals surface area contributed by atoms with Crippen LogP contribution in [0.5, 0.6) is 5.75 Å². The van der Waals surface area contributed by atoms with E-state index in [1.165, 1.54) is 21.3 Å². The van der Waals surface area contributed by atoms with Crippen LogP contribution >= 0.6 is 0 Å². The van der Waals surface area contributed by atoms with E-state index in [1.807, 2.05) is 36.4 Å². The van der Waals surface area contributed by atoms with E-state index in [4.69, 9.17) is 18.9 Å². The average molecular weight is 451 g/mol. The molecule has 0 spiro atoms. The van der Waals surface area contributed by atoms with Crippen molar-refractivity contribution in [1.82, 2.24) is 15.1 Å². The minimum absolute atomic E-state index is 0.208. The van der Waals surface area contributed by atoms with Crippen LogP contribution in [-0.4, -0.2) is 68.2 Å². The van der Waals surface area contributed by atoms with E-state index < -0.39 is 18.3 Å². The number of benzene rings is 2. The van der Waals surface area contributed by atoms with E-state index in [0.29, 0.717) is 17.0 Å². The molecule has 172 valence electrons. The molecule has 1 amide bonds. The Morgan fingerprint density at radius 3 is 2.27 bits per heavy atom. The van der Waals surface area contributed by atoms with E-state index in [0.717, 1.165) is 22.4 Å². The number of carbonyl (C=O) groups excluding carboxylic acids is 2. The second kappa shape index (κ2) is 9.43.